The van der Waals surface area contributed by atoms with E-state index in [0.29, 0.717) is 18.2 Å². The van der Waals surface area contributed by atoms with Gasteiger partial charge < -0.3 is 10.1 Å². The number of benzene rings is 1. The van der Waals surface area contributed by atoms with Crippen molar-refractivity contribution in [3.05, 3.63) is 54.2 Å². The number of rotatable bonds is 4. The molecule has 0 aliphatic heterocycles. The number of hydrogen-bond acceptors (Lipinski definition) is 3. The first-order chi connectivity index (χ1) is 9.95. The topological polar surface area (TPSA) is 51.2 Å². The molecule has 0 unspecified atom stereocenters. The van der Waals surface area contributed by atoms with Gasteiger partial charge in [0, 0.05) is 24.2 Å². The number of aromatic nitrogens is 1. The van der Waals surface area contributed by atoms with Crippen LogP contribution in [0.2, 0.25) is 0 Å². The van der Waals surface area contributed by atoms with Crippen LogP contribution in [0.4, 0.5) is 0 Å². The molecule has 1 aromatic heterocycles. The predicted molar refractivity (Wildman–Crippen MR) is 82.1 cm³/mol. The third-order valence-corrected chi connectivity index (χ3v) is 2.89. The molecule has 0 bridgehead atoms. The van der Waals surface area contributed by atoms with Crippen molar-refractivity contribution in [2.45, 2.75) is 27.3 Å². The summed E-state index contributed by atoms with van der Waals surface area (Å²) in [5.41, 5.74) is 0.600. The Balaban J connectivity index is 2.00. The molecule has 0 atom stereocenters. The first-order valence-corrected chi connectivity index (χ1v) is 6.91. The van der Waals surface area contributed by atoms with Gasteiger partial charge in [-0.25, -0.2) is 4.98 Å². The van der Waals surface area contributed by atoms with E-state index in [2.05, 4.69) is 10.3 Å². The second-order valence-corrected chi connectivity index (χ2v) is 5.85. The number of nitrogens with one attached hydrogen (secondary N) is 1. The van der Waals surface area contributed by atoms with Crippen LogP contribution in [0.1, 0.15) is 26.3 Å². The van der Waals surface area contributed by atoms with E-state index in [1.165, 1.54) is 0 Å². The minimum atomic E-state index is -0.387. The molecule has 0 radical (unpaired) electrons. The third kappa shape index (κ3) is 4.60. The zero-order valence-electron chi connectivity index (χ0n) is 12.6. The number of ether oxygens (including phenoxy) is 1. The van der Waals surface area contributed by atoms with Gasteiger partial charge in [0.15, 0.2) is 0 Å². The maximum Gasteiger partial charge on any atom is 0.225 e. The normalized spacial score (nSPS) is 11.0. The number of hydrogen-bond donors (Lipinski definition) is 1. The number of pyridine rings is 1. The van der Waals surface area contributed by atoms with Gasteiger partial charge in [-0.1, -0.05) is 39.0 Å². The summed E-state index contributed by atoms with van der Waals surface area (Å²) in [6.07, 6.45) is 1.68. The van der Waals surface area contributed by atoms with Crippen LogP contribution in [0, 0.1) is 5.41 Å². The van der Waals surface area contributed by atoms with Crippen LogP contribution in [0.15, 0.2) is 48.7 Å². The van der Waals surface area contributed by atoms with E-state index in [1.807, 2.05) is 57.2 Å². The van der Waals surface area contributed by atoms with E-state index in [-0.39, 0.29) is 11.3 Å². The zero-order valence-corrected chi connectivity index (χ0v) is 12.6. The molecule has 2 aromatic rings. The summed E-state index contributed by atoms with van der Waals surface area (Å²) in [5, 5.41) is 2.92. The Morgan fingerprint density at radius 1 is 1.19 bits per heavy atom. The number of nitrogens with zero attached hydrogens (tertiary/aromatic N) is 1. The summed E-state index contributed by atoms with van der Waals surface area (Å²) in [7, 11) is 0. The maximum absolute atomic E-state index is 11.9. The van der Waals surface area contributed by atoms with Crippen molar-refractivity contribution in [3.63, 3.8) is 0 Å². The number of carbonyl (C=O) groups is 1. The van der Waals surface area contributed by atoms with E-state index in [9.17, 15) is 4.79 Å². The van der Waals surface area contributed by atoms with Crippen LogP contribution in [-0.4, -0.2) is 10.9 Å². The first kappa shape index (κ1) is 15.0. The molecule has 2 rings (SSSR count). The molecule has 0 aliphatic carbocycles. The lowest BCUT2D eigenvalue weighted by molar-refractivity contribution is -0.128. The van der Waals surface area contributed by atoms with Crippen molar-refractivity contribution in [2.75, 3.05) is 0 Å². The van der Waals surface area contributed by atoms with Gasteiger partial charge in [-0.2, -0.15) is 0 Å². The van der Waals surface area contributed by atoms with Crippen LogP contribution in [-0.2, 0) is 11.3 Å². The molecular formula is C17H20N2O2. The van der Waals surface area contributed by atoms with E-state index < -0.39 is 0 Å². The summed E-state index contributed by atoms with van der Waals surface area (Å²) in [5.74, 6) is 1.28. The highest BCUT2D eigenvalue weighted by molar-refractivity contribution is 5.81. The Bertz CT molecular complexity index is 604. The standard InChI is InChI=1S/C17H20N2O2/c1-17(2,3)16(20)19-12-13-7-6-8-14(11-13)21-15-9-4-5-10-18-15/h4-11H,12H2,1-3H3,(H,19,20). The summed E-state index contributed by atoms with van der Waals surface area (Å²) in [4.78, 5) is 16.0. The molecule has 1 aromatic carbocycles. The van der Waals surface area contributed by atoms with Gasteiger partial charge in [0.05, 0.1) is 0 Å². The van der Waals surface area contributed by atoms with E-state index in [0.717, 1.165) is 5.56 Å². The lowest BCUT2D eigenvalue weighted by Gasteiger charge is -2.17. The molecule has 1 N–H and O–H groups in total. The average Bonchev–Trinajstić information content (AvgIpc) is 2.45. The van der Waals surface area contributed by atoms with Gasteiger partial charge in [-0.15, -0.1) is 0 Å². The van der Waals surface area contributed by atoms with Crippen molar-refractivity contribution in [2.24, 2.45) is 5.41 Å². The number of amides is 1. The second kappa shape index (κ2) is 6.39. The Hall–Kier alpha value is -2.36. The van der Waals surface area contributed by atoms with Crippen molar-refractivity contribution < 1.29 is 9.53 Å². The first-order valence-electron chi connectivity index (χ1n) is 6.91. The molecule has 0 fully saturated rings. The zero-order chi connectivity index (χ0) is 15.3. The van der Waals surface area contributed by atoms with Crippen LogP contribution in [0.5, 0.6) is 11.6 Å². The monoisotopic (exact) mass is 284 g/mol. The fraction of sp³-hybridized carbons (Fsp3) is 0.294. The van der Waals surface area contributed by atoms with Gasteiger partial charge >= 0.3 is 0 Å². The average molecular weight is 284 g/mol. The fourth-order valence-corrected chi connectivity index (χ4v) is 1.69. The maximum atomic E-state index is 11.9. The van der Waals surface area contributed by atoms with Gasteiger partial charge in [0.25, 0.3) is 0 Å². The van der Waals surface area contributed by atoms with Crippen LogP contribution in [0.3, 0.4) is 0 Å². The molecule has 1 heterocycles. The molecule has 1 amide bonds. The smallest absolute Gasteiger partial charge is 0.225 e. The minimum Gasteiger partial charge on any atom is -0.439 e. The van der Waals surface area contributed by atoms with Crippen molar-refractivity contribution in [1.82, 2.24) is 10.3 Å². The summed E-state index contributed by atoms with van der Waals surface area (Å²) in [6, 6.07) is 13.1. The Morgan fingerprint density at radius 3 is 2.67 bits per heavy atom. The van der Waals surface area contributed by atoms with Gasteiger partial charge in [0.1, 0.15) is 5.75 Å². The Morgan fingerprint density at radius 2 is 2.00 bits per heavy atom. The fourth-order valence-electron chi connectivity index (χ4n) is 1.69. The van der Waals surface area contributed by atoms with Crippen molar-refractivity contribution >= 4 is 5.91 Å². The van der Waals surface area contributed by atoms with Crippen molar-refractivity contribution in [1.29, 1.82) is 0 Å². The second-order valence-electron chi connectivity index (χ2n) is 5.85. The third-order valence-electron chi connectivity index (χ3n) is 2.89. The Kier molecular flexibility index (Phi) is 4.58. The van der Waals surface area contributed by atoms with Gasteiger partial charge in [-0.3, -0.25) is 4.79 Å². The summed E-state index contributed by atoms with van der Waals surface area (Å²) < 4.78 is 5.67. The van der Waals surface area contributed by atoms with Crippen LogP contribution >= 0.6 is 0 Å². The van der Waals surface area contributed by atoms with E-state index >= 15 is 0 Å². The lowest BCUT2D eigenvalue weighted by Crippen LogP contribution is -2.34. The predicted octanol–water partition coefficient (Wildman–Crippen LogP) is 3.54. The number of carbonyl (C=O) groups excluding carboxylic acids is 1. The summed E-state index contributed by atoms with van der Waals surface area (Å²) >= 11 is 0. The molecule has 4 nitrogen and oxygen atoms in total. The molecule has 21 heavy (non-hydrogen) atoms. The van der Waals surface area contributed by atoms with Gasteiger partial charge in [0.2, 0.25) is 11.8 Å². The highest BCUT2D eigenvalue weighted by Gasteiger charge is 2.20. The lowest BCUT2D eigenvalue weighted by atomic mass is 9.95. The van der Waals surface area contributed by atoms with Crippen LogP contribution < -0.4 is 10.1 Å². The van der Waals surface area contributed by atoms with Crippen LogP contribution in [0.25, 0.3) is 0 Å². The molecule has 0 aliphatic rings. The molecule has 0 saturated carbocycles. The highest BCUT2D eigenvalue weighted by Crippen LogP contribution is 2.20. The molecular weight excluding hydrogens is 264 g/mol. The highest BCUT2D eigenvalue weighted by atomic mass is 16.5. The molecule has 0 spiro atoms. The van der Waals surface area contributed by atoms with E-state index in [1.54, 1.807) is 12.3 Å². The quantitative estimate of drug-likeness (QED) is 0.934. The Labute approximate surface area is 125 Å². The minimum absolute atomic E-state index is 0.0264. The van der Waals surface area contributed by atoms with Crippen molar-refractivity contribution in [3.8, 4) is 11.6 Å². The van der Waals surface area contributed by atoms with Gasteiger partial charge in [-0.05, 0) is 23.8 Å². The SMILES string of the molecule is CC(C)(C)C(=O)NCc1cccc(Oc2ccccn2)c1. The molecule has 4 heteroatoms. The van der Waals surface area contributed by atoms with E-state index in [4.69, 9.17) is 4.74 Å². The summed E-state index contributed by atoms with van der Waals surface area (Å²) in [6.45, 7) is 6.16. The molecule has 110 valence electrons. The largest absolute Gasteiger partial charge is 0.439 e. The molecule has 0 saturated heterocycles.